The maximum Gasteiger partial charge on any atom is 0.230 e. The highest BCUT2D eigenvalue weighted by Crippen LogP contribution is 2.45. The molecule has 2 aromatic carbocycles. The molecule has 50 heavy (non-hydrogen) atoms. The summed E-state index contributed by atoms with van der Waals surface area (Å²) >= 11 is 0. The van der Waals surface area contributed by atoms with E-state index in [9.17, 15) is 9.59 Å². The van der Waals surface area contributed by atoms with Crippen molar-refractivity contribution in [2.24, 2.45) is 23.7 Å². The molecule has 2 heterocycles. The molecule has 258 valence electrons. The summed E-state index contributed by atoms with van der Waals surface area (Å²) in [6, 6.07) is 11.6. The van der Waals surface area contributed by atoms with E-state index in [0.29, 0.717) is 24.2 Å². The number of nitrogens with one attached hydrogen (secondary N) is 1. The van der Waals surface area contributed by atoms with E-state index >= 15 is 0 Å². The molecule has 8 nitrogen and oxygen atoms in total. The predicted molar refractivity (Wildman–Crippen MR) is 203 cm³/mol. The van der Waals surface area contributed by atoms with E-state index in [-0.39, 0.29) is 35.5 Å². The molecule has 0 saturated heterocycles. The van der Waals surface area contributed by atoms with Crippen molar-refractivity contribution in [1.29, 1.82) is 0 Å². The van der Waals surface area contributed by atoms with E-state index in [1.165, 1.54) is 6.39 Å². The van der Waals surface area contributed by atoms with Gasteiger partial charge in [0.1, 0.15) is 5.52 Å². The van der Waals surface area contributed by atoms with E-state index in [2.05, 4.69) is 41.3 Å². The van der Waals surface area contributed by atoms with E-state index < -0.39 is 0 Å². The Morgan fingerprint density at radius 2 is 1.50 bits per heavy atom. The second kappa shape index (κ2) is 16.0. The van der Waals surface area contributed by atoms with E-state index in [1.807, 2.05) is 58.4 Å². The number of hydrogen-bond donors (Lipinski definition) is 1. The van der Waals surface area contributed by atoms with Gasteiger partial charge in [-0.15, -0.1) is 0 Å². The second-order valence-corrected chi connectivity index (χ2v) is 13.5. The van der Waals surface area contributed by atoms with Crippen LogP contribution in [0.4, 0.5) is 11.4 Å². The first-order chi connectivity index (χ1) is 24.4. The van der Waals surface area contributed by atoms with Gasteiger partial charge in [0.15, 0.2) is 12.0 Å². The first kappa shape index (κ1) is 34.6. The zero-order valence-corrected chi connectivity index (χ0v) is 28.8. The van der Waals surface area contributed by atoms with Crippen molar-refractivity contribution in [3.63, 3.8) is 0 Å². The minimum absolute atomic E-state index is 0.0905. The average molecular weight is 670 g/mol. The smallest absolute Gasteiger partial charge is 0.230 e. The van der Waals surface area contributed by atoms with Gasteiger partial charge in [-0.3, -0.25) is 9.59 Å². The van der Waals surface area contributed by atoms with Crippen LogP contribution in [0, 0.1) is 23.7 Å². The Kier molecular flexibility index (Phi) is 11.1. The molecule has 2 aromatic heterocycles. The normalized spacial score (nSPS) is 21.4. The Hall–Kier alpha value is -5.24. The van der Waals surface area contributed by atoms with E-state index in [0.717, 1.165) is 84.9 Å². The van der Waals surface area contributed by atoms with Crippen molar-refractivity contribution in [1.82, 2.24) is 15.0 Å². The number of aromatic nitrogens is 3. The second-order valence-electron chi connectivity index (χ2n) is 13.5. The zero-order chi connectivity index (χ0) is 35.0. The fourth-order valence-electron chi connectivity index (χ4n) is 8.03. The lowest BCUT2D eigenvalue weighted by atomic mass is 9.65. The maximum atomic E-state index is 14.8. The number of oxazole rings is 1. The van der Waals surface area contributed by atoms with Gasteiger partial charge in [-0.05, 0) is 85.1 Å². The molecule has 4 aromatic rings. The molecule has 0 aliphatic heterocycles. The number of rotatable bonds is 13. The lowest BCUT2D eigenvalue weighted by Gasteiger charge is -2.42. The van der Waals surface area contributed by atoms with Crippen LogP contribution in [0.3, 0.4) is 0 Å². The Balaban J connectivity index is 1.27. The number of allylic oxidation sites excluding steroid dienone is 4. The Bertz CT molecular complexity index is 1950. The molecule has 2 aliphatic rings. The molecule has 2 aliphatic carbocycles. The minimum Gasteiger partial charge on any atom is -0.443 e. The number of carbonyl (C=O) groups is 2. The van der Waals surface area contributed by atoms with E-state index in [1.54, 1.807) is 30.6 Å². The molecule has 0 bridgehead atoms. The highest BCUT2D eigenvalue weighted by Gasteiger charge is 2.42. The molecule has 2 amide bonds. The van der Waals surface area contributed by atoms with Crippen LogP contribution in [-0.4, -0.2) is 39.9 Å². The quantitative estimate of drug-likeness (QED) is 0.143. The monoisotopic (exact) mass is 669 g/mol. The van der Waals surface area contributed by atoms with Crippen LogP contribution < -0.4 is 9.80 Å². The van der Waals surface area contributed by atoms with Crippen LogP contribution in [0.2, 0.25) is 0 Å². The Morgan fingerprint density at radius 1 is 0.800 bits per heavy atom. The number of aromatic amines is 1. The number of hydrogen-bond acceptors (Lipinski definition) is 5. The summed E-state index contributed by atoms with van der Waals surface area (Å²) in [4.78, 5) is 45.0. The summed E-state index contributed by atoms with van der Waals surface area (Å²) in [5, 5.41) is 0. The highest BCUT2D eigenvalue weighted by molar-refractivity contribution is 5.98. The SMILES string of the molecule is C=C/C=C(\C=C)CN(C(=O)C1CCCC(C2CCCCC2C(=O)N(C/C(C=C)=C/C=C)c2ccc3nc[nH]c3c2)C1)c1ccc2ocnc2c1. The van der Waals surface area contributed by atoms with Gasteiger partial charge in [-0.1, -0.05) is 88.5 Å². The van der Waals surface area contributed by atoms with Crippen LogP contribution in [0.1, 0.15) is 51.4 Å². The molecule has 0 spiro atoms. The number of carbonyl (C=O) groups excluding carboxylic acids is 2. The fraction of sp³-hybridized carbons (Fsp3) is 0.333. The van der Waals surface area contributed by atoms with Crippen molar-refractivity contribution >= 4 is 45.3 Å². The first-order valence-electron chi connectivity index (χ1n) is 17.7. The summed E-state index contributed by atoms with van der Waals surface area (Å²) < 4.78 is 5.48. The van der Waals surface area contributed by atoms with Gasteiger partial charge in [0.25, 0.3) is 0 Å². The van der Waals surface area contributed by atoms with Gasteiger partial charge in [0.05, 0.1) is 30.5 Å². The Morgan fingerprint density at radius 3 is 2.24 bits per heavy atom. The van der Waals surface area contributed by atoms with Crippen molar-refractivity contribution in [2.75, 3.05) is 22.9 Å². The van der Waals surface area contributed by atoms with E-state index in [4.69, 9.17) is 4.42 Å². The molecule has 8 heteroatoms. The predicted octanol–water partition coefficient (Wildman–Crippen LogP) is 9.28. The topological polar surface area (TPSA) is 95.3 Å². The van der Waals surface area contributed by atoms with Crippen molar-refractivity contribution in [3.8, 4) is 0 Å². The largest absolute Gasteiger partial charge is 0.443 e. The number of amides is 2. The number of H-pyrrole nitrogens is 1. The highest BCUT2D eigenvalue weighted by atomic mass is 16.3. The molecule has 0 radical (unpaired) electrons. The zero-order valence-electron chi connectivity index (χ0n) is 28.8. The van der Waals surface area contributed by atoms with Gasteiger partial charge < -0.3 is 19.2 Å². The lowest BCUT2D eigenvalue weighted by molar-refractivity contribution is -0.127. The summed E-state index contributed by atoms with van der Waals surface area (Å²) in [6.45, 7) is 16.5. The molecule has 6 rings (SSSR count). The lowest BCUT2D eigenvalue weighted by Crippen LogP contribution is -2.45. The molecule has 2 fully saturated rings. The summed E-state index contributed by atoms with van der Waals surface area (Å²) in [5.74, 6) is 0.401. The first-order valence-corrected chi connectivity index (χ1v) is 17.7. The van der Waals surface area contributed by atoms with Crippen LogP contribution >= 0.6 is 0 Å². The third-order valence-corrected chi connectivity index (χ3v) is 10.5. The van der Waals surface area contributed by atoms with Crippen molar-refractivity contribution < 1.29 is 14.0 Å². The molecule has 2 saturated carbocycles. The van der Waals surface area contributed by atoms with Crippen molar-refractivity contribution in [2.45, 2.75) is 51.4 Å². The Labute approximate surface area is 294 Å². The molecular weight excluding hydrogens is 622 g/mol. The van der Waals surface area contributed by atoms with Gasteiger partial charge in [-0.2, -0.15) is 0 Å². The fourth-order valence-corrected chi connectivity index (χ4v) is 8.03. The number of benzene rings is 2. The molecular formula is C42H47N5O3. The molecule has 4 unspecified atom stereocenters. The van der Waals surface area contributed by atoms with Gasteiger partial charge in [-0.25, -0.2) is 9.97 Å². The van der Waals surface area contributed by atoms with Gasteiger partial charge in [0.2, 0.25) is 11.8 Å². The standard InChI is InChI=1S/C42H47N5O3/c1-5-12-29(7-3)25-46(34-19-21-40-39(24-34)45-28-50-40)41(48)32-15-11-14-31(22-32)35-16-9-10-17-36(35)42(49)47(26-30(8-4)13-6-2)33-18-20-37-38(23-33)44-27-43-37/h5-8,12-13,18-21,23-24,27-28,31-32,35-36H,1-4,9-11,14-17,22,25-26H2,(H,43,44)/b29-12+,30-13+. The molecule has 1 N–H and O–H groups in total. The van der Waals surface area contributed by atoms with Gasteiger partial charge >= 0.3 is 0 Å². The van der Waals surface area contributed by atoms with Gasteiger partial charge in [0, 0.05) is 23.2 Å². The third kappa shape index (κ3) is 7.49. The summed E-state index contributed by atoms with van der Waals surface area (Å²) in [7, 11) is 0. The average Bonchev–Trinajstić information content (AvgIpc) is 3.84. The van der Waals surface area contributed by atoms with Crippen LogP contribution in [0.25, 0.3) is 22.1 Å². The number of fused-ring (bicyclic) bond motifs is 2. The third-order valence-electron chi connectivity index (χ3n) is 10.5. The minimum atomic E-state index is -0.156. The van der Waals surface area contributed by atoms with Crippen LogP contribution in [-0.2, 0) is 9.59 Å². The van der Waals surface area contributed by atoms with Crippen LogP contribution in [0.5, 0.6) is 0 Å². The van der Waals surface area contributed by atoms with Crippen LogP contribution in [0.15, 0.2) is 127 Å². The summed E-state index contributed by atoms with van der Waals surface area (Å²) in [6.07, 6.45) is 21.4. The number of imidazole rings is 1. The summed E-state index contributed by atoms with van der Waals surface area (Å²) in [5.41, 5.74) is 6.55. The number of nitrogens with zero attached hydrogens (tertiary/aromatic N) is 4. The molecule has 4 atom stereocenters. The van der Waals surface area contributed by atoms with Crippen molar-refractivity contribution in [3.05, 3.63) is 123 Å². The maximum absolute atomic E-state index is 14.8. The number of anilines is 2.